The molecule has 2 heteroatoms. The Kier molecular flexibility index (Phi) is 9.88. The number of ether oxygens (including phenoxy) is 1. The van der Waals surface area contributed by atoms with Crippen molar-refractivity contribution < 1.29 is 4.74 Å². The molecule has 0 aliphatic heterocycles. The van der Waals surface area contributed by atoms with Crippen LogP contribution >= 0.6 is 15.9 Å². The predicted molar refractivity (Wildman–Crippen MR) is 57.9 cm³/mol. The normalized spacial score (nSPS) is 13.2. The van der Waals surface area contributed by atoms with Gasteiger partial charge in [-0.05, 0) is 32.1 Å². The molecule has 0 N–H and O–H groups in total. The van der Waals surface area contributed by atoms with Gasteiger partial charge in [-0.3, -0.25) is 0 Å². The second-order valence-electron chi connectivity index (χ2n) is 3.15. The van der Waals surface area contributed by atoms with Crippen LogP contribution in [-0.4, -0.2) is 18.5 Å². The van der Waals surface area contributed by atoms with Gasteiger partial charge in [0.1, 0.15) is 0 Å². The topological polar surface area (TPSA) is 9.23 Å². The summed E-state index contributed by atoms with van der Waals surface area (Å²) in [7, 11) is 0. The molecule has 1 atom stereocenters. The molecule has 0 radical (unpaired) electrons. The summed E-state index contributed by atoms with van der Waals surface area (Å²) in [5.74, 6) is 0.857. The SMILES string of the molecule is CCCC(CBr)CCCOCC. The van der Waals surface area contributed by atoms with E-state index < -0.39 is 0 Å². The summed E-state index contributed by atoms with van der Waals surface area (Å²) in [6.45, 7) is 6.09. The number of rotatable bonds is 8. The van der Waals surface area contributed by atoms with Crippen LogP contribution in [-0.2, 0) is 4.74 Å². The van der Waals surface area contributed by atoms with Crippen molar-refractivity contribution >= 4 is 15.9 Å². The molecule has 12 heavy (non-hydrogen) atoms. The summed E-state index contributed by atoms with van der Waals surface area (Å²) in [4.78, 5) is 0. The van der Waals surface area contributed by atoms with Crippen molar-refractivity contribution in [3.63, 3.8) is 0 Å². The molecular formula is C10H21BrO. The van der Waals surface area contributed by atoms with Gasteiger partial charge in [0, 0.05) is 18.5 Å². The monoisotopic (exact) mass is 236 g/mol. The first-order valence-corrected chi connectivity index (χ1v) is 6.11. The van der Waals surface area contributed by atoms with Gasteiger partial charge < -0.3 is 4.74 Å². The average Bonchev–Trinajstić information content (AvgIpc) is 2.10. The zero-order valence-corrected chi connectivity index (χ0v) is 9.90. The van der Waals surface area contributed by atoms with Crippen molar-refractivity contribution in [2.75, 3.05) is 18.5 Å². The molecule has 0 spiro atoms. The lowest BCUT2D eigenvalue weighted by atomic mass is 10.0. The summed E-state index contributed by atoms with van der Waals surface area (Å²) in [6, 6.07) is 0. The molecule has 74 valence electrons. The van der Waals surface area contributed by atoms with Gasteiger partial charge in [-0.15, -0.1) is 0 Å². The molecular weight excluding hydrogens is 216 g/mol. The van der Waals surface area contributed by atoms with E-state index in [1.54, 1.807) is 0 Å². The minimum absolute atomic E-state index is 0.854. The van der Waals surface area contributed by atoms with Crippen LogP contribution in [0.4, 0.5) is 0 Å². The highest BCUT2D eigenvalue weighted by atomic mass is 79.9. The Labute approximate surface area is 85.0 Å². The Morgan fingerprint density at radius 2 is 2.00 bits per heavy atom. The molecule has 0 amide bonds. The molecule has 0 aromatic carbocycles. The minimum Gasteiger partial charge on any atom is -0.382 e. The van der Waals surface area contributed by atoms with Crippen LogP contribution in [0, 0.1) is 5.92 Å². The first-order valence-electron chi connectivity index (χ1n) is 4.98. The van der Waals surface area contributed by atoms with Crippen molar-refractivity contribution in [3.8, 4) is 0 Å². The Balaban J connectivity index is 3.19. The maximum atomic E-state index is 5.29. The van der Waals surface area contributed by atoms with Crippen molar-refractivity contribution in [1.29, 1.82) is 0 Å². The highest BCUT2D eigenvalue weighted by Gasteiger charge is 2.04. The molecule has 1 unspecified atom stereocenters. The fraction of sp³-hybridized carbons (Fsp3) is 1.00. The Morgan fingerprint density at radius 3 is 2.50 bits per heavy atom. The summed E-state index contributed by atoms with van der Waals surface area (Å²) in [6.07, 6.45) is 5.16. The zero-order valence-electron chi connectivity index (χ0n) is 8.31. The third-order valence-corrected chi connectivity index (χ3v) is 2.94. The number of hydrogen-bond donors (Lipinski definition) is 0. The molecule has 0 heterocycles. The van der Waals surface area contributed by atoms with Gasteiger partial charge in [0.2, 0.25) is 0 Å². The molecule has 0 aromatic rings. The highest BCUT2D eigenvalue weighted by Crippen LogP contribution is 2.15. The maximum absolute atomic E-state index is 5.29. The molecule has 0 fully saturated rings. The number of halogens is 1. The molecule has 0 aliphatic rings. The lowest BCUT2D eigenvalue weighted by Gasteiger charge is -2.11. The average molecular weight is 237 g/mol. The Morgan fingerprint density at radius 1 is 1.25 bits per heavy atom. The smallest absolute Gasteiger partial charge is 0.0465 e. The Bertz CT molecular complexity index is 85.9. The van der Waals surface area contributed by atoms with Crippen molar-refractivity contribution in [2.24, 2.45) is 5.92 Å². The largest absolute Gasteiger partial charge is 0.382 e. The van der Waals surface area contributed by atoms with Gasteiger partial charge in [-0.2, -0.15) is 0 Å². The number of hydrogen-bond acceptors (Lipinski definition) is 1. The van der Waals surface area contributed by atoms with Crippen LogP contribution in [0.25, 0.3) is 0 Å². The molecule has 0 rings (SSSR count). The van der Waals surface area contributed by atoms with Crippen LogP contribution in [0.1, 0.15) is 39.5 Å². The maximum Gasteiger partial charge on any atom is 0.0465 e. The van der Waals surface area contributed by atoms with E-state index in [1.807, 2.05) is 6.92 Å². The lowest BCUT2D eigenvalue weighted by Crippen LogP contribution is -2.04. The Hall–Kier alpha value is 0.440. The van der Waals surface area contributed by atoms with Crippen LogP contribution < -0.4 is 0 Å². The van der Waals surface area contributed by atoms with E-state index >= 15 is 0 Å². The summed E-state index contributed by atoms with van der Waals surface area (Å²) in [5.41, 5.74) is 0. The van der Waals surface area contributed by atoms with E-state index in [-0.39, 0.29) is 0 Å². The van der Waals surface area contributed by atoms with Gasteiger partial charge in [0.15, 0.2) is 0 Å². The van der Waals surface area contributed by atoms with Crippen molar-refractivity contribution in [1.82, 2.24) is 0 Å². The van der Waals surface area contributed by atoms with E-state index in [0.717, 1.165) is 24.5 Å². The molecule has 1 nitrogen and oxygen atoms in total. The number of alkyl halides is 1. The van der Waals surface area contributed by atoms with Gasteiger partial charge >= 0.3 is 0 Å². The summed E-state index contributed by atoms with van der Waals surface area (Å²) < 4.78 is 5.29. The fourth-order valence-corrected chi connectivity index (χ4v) is 1.97. The highest BCUT2D eigenvalue weighted by molar-refractivity contribution is 9.09. The van der Waals surface area contributed by atoms with Crippen molar-refractivity contribution in [2.45, 2.75) is 39.5 Å². The summed E-state index contributed by atoms with van der Waals surface area (Å²) >= 11 is 3.55. The van der Waals surface area contributed by atoms with Gasteiger partial charge in [0.25, 0.3) is 0 Å². The first kappa shape index (κ1) is 12.4. The lowest BCUT2D eigenvalue weighted by molar-refractivity contribution is 0.140. The molecule has 0 aromatic heterocycles. The van der Waals surface area contributed by atoms with Crippen LogP contribution in [0.2, 0.25) is 0 Å². The van der Waals surface area contributed by atoms with Crippen LogP contribution in [0.15, 0.2) is 0 Å². The fourth-order valence-electron chi connectivity index (χ4n) is 1.33. The zero-order chi connectivity index (χ0) is 9.23. The first-order chi connectivity index (χ1) is 5.85. The van der Waals surface area contributed by atoms with Crippen LogP contribution in [0.5, 0.6) is 0 Å². The van der Waals surface area contributed by atoms with Gasteiger partial charge in [-0.25, -0.2) is 0 Å². The van der Waals surface area contributed by atoms with Crippen molar-refractivity contribution in [3.05, 3.63) is 0 Å². The van der Waals surface area contributed by atoms with E-state index in [0.29, 0.717) is 0 Å². The van der Waals surface area contributed by atoms with Crippen LogP contribution in [0.3, 0.4) is 0 Å². The van der Waals surface area contributed by atoms with E-state index in [1.165, 1.54) is 25.7 Å². The van der Waals surface area contributed by atoms with Gasteiger partial charge in [-0.1, -0.05) is 29.3 Å². The quantitative estimate of drug-likeness (QED) is 0.463. The standard InChI is InChI=1S/C10H21BrO/c1-3-6-10(9-11)7-5-8-12-4-2/h10H,3-9H2,1-2H3. The van der Waals surface area contributed by atoms with Gasteiger partial charge in [0.05, 0.1) is 0 Å². The predicted octanol–water partition coefficient (Wildman–Crippen LogP) is 3.61. The molecule has 0 aliphatic carbocycles. The third-order valence-electron chi connectivity index (χ3n) is 2.02. The molecule has 0 saturated heterocycles. The second kappa shape index (κ2) is 9.53. The minimum atomic E-state index is 0.854. The van der Waals surface area contributed by atoms with E-state index in [4.69, 9.17) is 4.74 Å². The third kappa shape index (κ3) is 7.11. The van der Waals surface area contributed by atoms with E-state index in [2.05, 4.69) is 22.9 Å². The van der Waals surface area contributed by atoms with E-state index in [9.17, 15) is 0 Å². The second-order valence-corrected chi connectivity index (χ2v) is 3.80. The molecule has 0 bridgehead atoms. The molecule has 0 saturated carbocycles. The summed E-state index contributed by atoms with van der Waals surface area (Å²) in [5, 5.41) is 1.15.